The summed E-state index contributed by atoms with van der Waals surface area (Å²) in [4.78, 5) is 7.01. The average molecular weight is 536 g/mol. The Morgan fingerprint density at radius 2 is 1.24 bits per heavy atom. The van der Waals surface area contributed by atoms with Crippen molar-refractivity contribution in [2.75, 3.05) is 49.6 Å². The molecule has 0 spiro atoms. The van der Waals surface area contributed by atoms with Gasteiger partial charge in [-0.1, -0.05) is 60.7 Å². The topological polar surface area (TPSA) is 19.0 Å². The van der Waals surface area contributed by atoms with Crippen LogP contribution >= 0.6 is 0 Å². The third-order valence-electron chi connectivity index (χ3n) is 10.1. The van der Waals surface area contributed by atoms with Crippen molar-refractivity contribution in [2.24, 2.45) is 0 Å². The van der Waals surface area contributed by atoms with E-state index in [1.807, 2.05) is 0 Å². The number of hydrogen-bond donors (Lipinski definition) is 0. The molecule has 3 fully saturated rings. The standard InChI is InChI=1S/C37H33N3O/c1-38(2)30-15-13-25(27-17-21-9-5-6-10-22(21)18-28(27)30)33-36-34(37(33)41-36)26-14-16-31-32-29(26)19-23-11-7-8-12-24(23)35(32)40(4)20-39(31)3/h5-19,33-34,36-37H,20H2,1-4H3. The summed E-state index contributed by atoms with van der Waals surface area (Å²) in [6, 6.07) is 34.2. The molecule has 41 heavy (non-hydrogen) atoms. The van der Waals surface area contributed by atoms with Crippen molar-refractivity contribution in [3.63, 3.8) is 0 Å². The summed E-state index contributed by atoms with van der Waals surface area (Å²) in [5.74, 6) is 0.845. The summed E-state index contributed by atoms with van der Waals surface area (Å²) in [6.07, 6.45) is 0.421. The normalized spacial score (nSPS) is 22.8. The Balaban J connectivity index is 1.19. The monoisotopic (exact) mass is 535 g/mol. The van der Waals surface area contributed by atoms with Gasteiger partial charge in [0.2, 0.25) is 0 Å². The van der Waals surface area contributed by atoms with Crippen LogP contribution in [0.15, 0.2) is 91.0 Å². The Hall–Kier alpha value is -4.28. The van der Waals surface area contributed by atoms with Gasteiger partial charge in [0.1, 0.15) is 0 Å². The Labute approximate surface area is 240 Å². The molecule has 3 aliphatic heterocycles. The zero-order valence-electron chi connectivity index (χ0n) is 23.9. The first-order valence-electron chi connectivity index (χ1n) is 14.7. The van der Waals surface area contributed by atoms with Crippen molar-refractivity contribution in [1.29, 1.82) is 0 Å². The predicted molar refractivity (Wildman–Crippen MR) is 173 cm³/mol. The van der Waals surface area contributed by atoms with E-state index in [-0.39, 0.29) is 12.2 Å². The highest BCUT2D eigenvalue weighted by molar-refractivity contribution is 6.18. The van der Waals surface area contributed by atoms with Crippen LogP contribution in [-0.4, -0.2) is 47.1 Å². The van der Waals surface area contributed by atoms with Gasteiger partial charge in [-0.05, 0) is 68.4 Å². The quantitative estimate of drug-likeness (QED) is 0.215. The summed E-state index contributed by atoms with van der Waals surface area (Å²) >= 11 is 0. The summed E-state index contributed by atoms with van der Waals surface area (Å²) in [6.45, 7) is 0.889. The van der Waals surface area contributed by atoms with Crippen molar-refractivity contribution in [3.05, 3.63) is 102 Å². The van der Waals surface area contributed by atoms with E-state index in [2.05, 4.69) is 134 Å². The van der Waals surface area contributed by atoms with Crippen molar-refractivity contribution >= 4 is 60.2 Å². The van der Waals surface area contributed by atoms with Gasteiger partial charge in [0.05, 0.1) is 24.6 Å². The Bertz CT molecular complexity index is 2050. The van der Waals surface area contributed by atoms with Gasteiger partial charge in [-0.25, -0.2) is 0 Å². The fraction of sp³-hybridized carbons (Fsp3) is 0.243. The number of fused-ring (bicyclic) bond motifs is 4. The fourth-order valence-corrected chi connectivity index (χ4v) is 8.07. The van der Waals surface area contributed by atoms with Gasteiger partial charge in [-0.15, -0.1) is 0 Å². The molecule has 3 heterocycles. The van der Waals surface area contributed by atoms with E-state index in [1.54, 1.807) is 0 Å². The molecule has 2 unspecified atom stereocenters. The van der Waals surface area contributed by atoms with Gasteiger partial charge in [0.15, 0.2) is 0 Å². The first kappa shape index (κ1) is 23.4. The van der Waals surface area contributed by atoms with Crippen LogP contribution in [0.4, 0.5) is 17.1 Å². The lowest BCUT2D eigenvalue weighted by Crippen LogP contribution is -2.67. The molecule has 0 N–H and O–H groups in total. The van der Waals surface area contributed by atoms with Gasteiger partial charge >= 0.3 is 0 Å². The lowest BCUT2D eigenvalue weighted by atomic mass is 9.56. The number of anilines is 3. The highest BCUT2D eigenvalue weighted by atomic mass is 16.6. The van der Waals surface area contributed by atoms with Crippen molar-refractivity contribution in [3.8, 4) is 0 Å². The molecule has 0 radical (unpaired) electrons. The molecule has 202 valence electrons. The van der Waals surface area contributed by atoms with Crippen LogP contribution in [0.5, 0.6) is 0 Å². The summed E-state index contributed by atoms with van der Waals surface area (Å²) < 4.78 is 6.42. The maximum absolute atomic E-state index is 6.42. The van der Waals surface area contributed by atoms with Gasteiger partial charge < -0.3 is 19.4 Å². The minimum absolute atomic E-state index is 0.210. The average Bonchev–Trinajstić information content (AvgIpc) is 2.93. The molecule has 1 saturated carbocycles. The Kier molecular flexibility index (Phi) is 4.65. The largest absolute Gasteiger partial charge is 0.377 e. The second-order valence-electron chi connectivity index (χ2n) is 12.5. The molecule has 4 aliphatic rings. The number of rotatable bonds is 3. The highest BCUT2D eigenvalue weighted by Gasteiger charge is 2.64. The van der Waals surface area contributed by atoms with E-state index in [0.717, 1.165) is 6.67 Å². The van der Waals surface area contributed by atoms with Crippen LogP contribution < -0.4 is 14.7 Å². The number of ether oxygens (including phenoxy) is 1. The molecule has 2 atom stereocenters. The number of benzene rings is 6. The third-order valence-corrected chi connectivity index (χ3v) is 10.1. The zero-order valence-corrected chi connectivity index (χ0v) is 23.9. The molecule has 0 aromatic heterocycles. The molecule has 2 saturated heterocycles. The molecule has 4 heteroatoms. The Morgan fingerprint density at radius 3 is 1.95 bits per heavy atom. The first-order valence-corrected chi connectivity index (χ1v) is 14.7. The fourth-order valence-electron chi connectivity index (χ4n) is 8.07. The van der Waals surface area contributed by atoms with Crippen LogP contribution in [0.1, 0.15) is 23.0 Å². The van der Waals surface area contributed by atoms with Crippen LogP contribution in [0.2, 0.25) is 0 Å². The van der Waals surface area contributed by atoms with Crippen LogP contribution in [-0.2, 0) is 4.74 Å². The molecule has 0 amide bonds. The zero-order chi connectivity index (χ0) is 27.6. The lowest BCUT2D eigenvalue weighted by molar-refractivity contribution is -0.282. The highest BCUT2D eigenvalue weighted by Crippen LogP contribution is 2.64. The maximum Gasteiger partial charge on any atom is 0.0897 e. The van der Waals surface area contributed by atoms with E-state index in [4.69, 9.17) is 4.74 Å². The van der Waals surface area contributed by atoms with E-state index in [9.17, 15) is 0 Å². The SMILES string of the molecule is CN(C)c1ccc(C2C3OC2C3c2ccc3c4c(c5ccccc5cc24)N(C)CN3C)c2cc3ccccc3cc12. The molecule has 10 rings (SSSR count). The van der Waals surface area contributed by atoms with E-state index < -0.39 is 0 Å². The maximum atomic E-state index is 6.42. The number of nitrogens with zero attached hydrogens (tertiary/aromatic N) is 3. The summed E-state index contributed by atoms with van der Waals surface area (Å²) in [7, 11) is 8.70. The summed E-state index contributed by atoms with van der Waals surface area (Å²) in [5, 5.41) is 10.7. The molecule has 1 aliphatic carbocycles. The molecule has 2 bridgehead atoms. The van der Waals surface area contributed by atoms with Gasteiger partial charge in [0.25, 0.3) is 0 Å². The van der Waals surface area contributed by atoms with Crippen LogP contribution in [0, 0.1) is 0 Å². The second kappa shape index (κ2) is 8.14. The van der Waals surface area contributed by atoms with Crippen molar-refractivity contribution < 1.29 is 4.74 Å². The lowest BCUT2D eigenvalue weighted by Gasteiger charge is -2.64. The van der Waals surface area contributed by atoms with E-state index in [0.29, 0.717) is 11.8 Å². The van der Waals surface area contributed by atoms with Crippen molar-refractivity contribution in [1.82, 2.24) is 0 Å². The predicted octanol–water partition coefficient (Wildman–Crippen LogP) is 7.86. The number of hydrogen-bond acceptors (Lipinski definition) is 4. The molecule has 6 aromatic rings. The van der Waals surface area contributed by atoms with Gasteiger partial charge in [-0.3, -0.25) is 0 Å². The molecule has 6 aromatic carbocycles. The molecular weight excluding hydrogens is 502 g/mol. The van der Waals surface area contributed by atoms with E-state index in [1.165, 1.54) is 71.3 Å². The van der Waals surface area contributed by atoms with E-state index >= 15 is 0 Å². The van der Waals surface area contributed by atoms with Gasteiger partial charge in [0, 0.05) is 67.6 Å². The molecular formula is C37H33N3O. The summed E-state index contributed by atoms with van der Waals surface area (Å²) in [5.41, 5.74) is 6.82. The third kappa shape index (κ3) is 3.03. The second-order valence-corrected chi connectivity index (χ2v) is 12.5. The first-order chi connectivity index (χ1) is 20.0. The smallest absolute Gasteiger partial charge is 0.0897 e. The Morgan fingerprint density at radius 1 is 0.634 bits per heavy atom. The molecule has 4 nitrogen and oxygen atoms in total. The van der Waals surface area contributed by atoms with Gasteiger partial charge in [-0.2, -0.15) is 0 Å². The van der Waals surface area contributed by atoms with Crippen LogP contribution in [0.25, 0.3) is 43.1 Å². The minimum Gasteiger partial charge on any atom is -0.377 e. The minimum atomic E-state index is 0.210. The van der Waals surface area contributed by atoms with Crippen LogP contribution in [0.3, 0.4) is 0 Å². The van der Waals surface area contributed by atoms with Crippen molar-refractivity contribution in [2.45, 2.75) is 24.0 Å².